The van der Waals surface area contributed by atoms with Crippen molar-refractivity contribution in [3.8, 4) is 23.3 Å². The number of ether oxygens (including phenoxy) is 2. The topological polar surface area (TPSA) is 100 Å². The number of nitrogens with zero attached hydrogens (tertiary/aromatic N) is 1. The molecule has 10 heteroatoms. The van der Waals surface area contributed by atoms with Gasteiger partial charge in [-0.2, -0.15) is 18.4 Å². The molecule has 0 aromatic heterocycles. The summed E-state index contributed by atoms with van der Waals surface area (Å²) < 4.78 is 50.2. The van der Waals surface area contributed by atoms with Crippen molar-refractivity contribution in [3.05, 3.63) is 53.6 Å². The van der Waals surface area contributed by atoms with Crippen LogP contribution in [0, 0.1) is 11.3 Å². The summed E-state index contributed by atoms with van der Waals surface area (Å²) in [6.45, 7) is 0.158. The molecule has 32 heavy (non-hydrogen) atoms. The van der Waals surface area contributed by atoms with Gasteiger partial charge in [0.2, 0.25) is 11.8 Å². The molecular weight excluding hydrogens is 427 g/mol. The summed E-state index contributed by atoms with van der Waals surface area (Å²) in [7, 11) is 1.28. The maximum atomic E-state index is 13.3. The van der Waals surface area contributed by atoms with Gasteiger partial charge in [0.1, 0.15) is 34.8 Å². The molecule has 0 unspecified atom stereocenters. The fraction of sp³-hybridized carbons (Fsp3) is 0.318. The summed E-state index contributed by atoms with van der Waals surface area (Å²) in [5, 5.41) is 13.8. The lowest BCUT2D eigenvalue weighted by molar-refractivity contribution is -0.138. The molecule has 2 N–H and O–H groups in total. The maximum absolute atomic E-state index is 13.3. The Labute approximate surface area is 182 Å². The van der Waals surface area contributed by atoms with Gasteiger partial charge in [0, 0.05) is 6.54 Å². The van der Waals surface area contributed by atoms with Gasteiger partial charge in [0.05, 0.1) is 13.2 Å². The molecule has 0 saturated heterocycles. The zero-order valence-electron chi connectivity index (χ0n) is 17.1. The van der Waals surface area contributed by atoms with Crippen molar-refractivity contribution in [1.29, 1.82) is 5.26 Å². The standard InChI is InChI=1S/C22H20F3N3O4/c1-31-16-6-7-18(17(12-16)22(23,24)25)32-15-4-2-14(3-5-15)13-27-20(30)21(9-10-21)28-19(29)8-11-26/h2-7,12H,8-10,13H2,1H3,(H,27,30)(H,28,29). The zero-order valence-corrected chi connectivity index (χ0v) is 17.1. The van der Waals surface area contributed by atoms with Crippen molar-refractivity contribution in [3.63, 3.8) is 0 Å². The van der Waals surface area contributed by atoms with Crippen molar-refractivity contribution in [2.45, 2.75) is 37.5 Å². The Morgan fingerprint density at radius 1 is 1.12 bits per heavy atom. The molecule has 1 aliphatic rings. The number of nitrogens with one attached hydrogen (secondary N) is 2. The molecule has 0 spiro atoms. The SMILES string of the molecule is COc1ccc(Oc2ccc(CNC(=O)C3(NC(=O)CC#N)CC3)cc2)c(C(F)(F)F)c1. The van der Waals surface area contributed by atoms with Crippen LogP contribution >= 0.6 is 0 Å². The summed E-state index contributed by atoms with van der Waals surface area (Å²) >= 11 is 0. The summed E-state index contributed by atoms with van der Waals surface area (Å²) in [6.07, 6.45) is -3.95. The molecule has 1 fully saturated rings. The molecule has 0 aliphatic heterocycles. The quantitative estimate of drug-likeness (QED) is 0.643. The molecule has 2 aromatic rings. The maximum Gasteiger partial charge on any atom is 0.420 e. The van der Waals surface area contributed by atoms with E-state index in [2.05, 4.69) is 10.6 Å². The monoisotopic (exact) mass is 447 g/mol. The molecule has 2 amide bonds. The van der Waals surface area contributed by atoms with Gasteiger partial charge in [-0.3, -0.25) is 9.59 Å². The number of methoxy groups -OCH3 is 1. The Hall–Kier alpha value is -3.74. The first-order chi connectivity index (χ1) is 15.2. The predicted octanol–water partition coefficient (Wildman–Crippen LogP) is 3.68. The van der Waals surface area contributed by atoms with Gasteiger partial charge < -0.3 is 20.1 Å². The fourth-order valence-corrected chi connectivity index (χ4v) is 3.02. The molecule has 0 radical (unpaired) electrons. The lowest BCUT2D eigenvalue weighted by atomic mass is 10.1. The minimum Gasteiger partial charge on any atom is -0.497 e. The highest BCUT2D eigenvalue weighted by atomic mass is 19.4. The summed E-state index contributed by atoms with van der Waals surface area (Å²) in [6, 6.07) is 11.4. The largest absolute Gasteiger partial charge is 0.497 e. The number of carbonyl (C=O) groups excluding carboxylic acids is 2. The van der Waals surface area contributed by atoms with Gasteiger partial charge in [-0.15, -0.1) is 0 Å². The molecule has 1 aliphatic carbocycles. The van der Waals surface area contributed by atoms with Crippen LogP contribution in [-0.2, 0) is 22.3 Å². The van der Waals surface area contributed by atoms with Gasteiger partial charge in [-0.1, -0.05) is 12.1 Å². The number of hydrogen-bond donors (Lipinski definition) is 2. The van der Waals surface area contributed by atoms with Gasteiger partial charge in [0.25, 0.3) is 0 Å². The van der Waals surface area contributed by atoms with Crippen LogP contribution in [0.5, 0.6) is 17.2 Å². The van der Waals surface area contributed by atoms with E-state index in [0.29, 0.717) is 18.4 Å². The fourth-order valence-electron chi connectivity index (χ4n) is 3.02. The smallest absolute Gasteiger partial charge is 0.420 e. The number of carbonyl (C=O) groups is 2. The first-order valence-electron chi connectivity index (χ1n) is 9.65. The molecule has 2 aromatic carbocycles. The van der Waals surface area contributed by atoms with Crippen molar-refractivity contribution < 1.29 is 32.2 Å². The molecule has 168 valence electrons. The van der Waals surface area contributed by atoms with Crippen LogP contribution in [0.4, 0.5) is 13.2 Å². The molecule has 1 saturated carbocycles. The van der Waals surface area contributed by atoms with Crippen LogP contribution in [0.2, 0.25) is 0 Å². The van der Waals surface area contributed by atoms with Crippen LogP contribution in [0.1, 0.15) is 30.4 Å². The number of halogens is 3. The first kappa shape index (κ1) is 22.9. The van der Waals surface area contributed by atoms with E-state index in [9.17, 15) is 22.8 Å². The normalized spacial score (nSPS) is 14.1. The number of hydrogen-bond acceptors (Lipinski definition) is 5. The Morgan fingerprint density at radius 2 is 1.78 bits per heavy atom. The van der Waals surface area contributed by atoms with E-state index < -0.39 is 23.2 Å². The highest BCUT2D eigenvalue weighted by molar-refractivity contribution is 5.94. The number of rotatable bonds is 8. The van der Waals surface area contributed by atoms with Crippen LogP contribution in [0.3, 0.4) is 0 Å². The molecule has 3 rings (SSSR count). The van der Waals surface area contributed by atoms with Gasteiger partial charge in [-0.05, 0) is 48.7 Å². The highest BCUT2D eigenvalue weighted by Crippen LogP contribution is 2.40. The van der Waals surface area contributed by atoms with Gasteiger partial charge >= 0.3 is 6.18 Å². The van der Waals surface area contributed by atoms with Crippen LogP contribution < -0.4 is 20.1 Å². The number of benzene rings is 2. The second kappa shape index (κ2) is 9.18. The van der Waals surface area contributed by atoms with Crippen molar-refractivity contribution >= 4 is 11.8 Å². The lowest BCUT2D eigenvalue weighted by Gasteiger charge is -2.17. The van der Waals surface area contributed by atoms with E-state index in [4.69, 9.17) is 14.7 Å². The zero-order chi connectivity index (χ0) is 23.4. The minimum absolute atomic E-state index is 0.0630. The van der Waals surface area contributed by atoms with Crippen LogP contribution in [-0.4, -0.2) is 24.5 Å². The van der Waals surface area contributed by atoms with E-state index >= 15 is 0 Å². The Kier molecular flexibility index (Phi) is 6.58. The third-order valence-corrected chi connectivity index (χ3v) is 4.90. The Morgan fingerprint density at radius 3 is 2.34 bits per heavy atom. The van der Waals surface area contributed by atoms with Gasteiger partial charge in [-0.25, -0.2) is 0 Å². The number of amides is 2. The van der Waals surface area contributed by atoms with Crippen molar-refractivity contribution in [2.24, 2.45) is 0 Å². The van der Waals surface area contributed by atoms with Crippen molar-refractivity contribution in [1.82, 2.24) is 10.6 Å². The third kappa shape index (κ3) is 5.49. The van der Waals surface area contributed by atoms with E-state index in [1.165, 1.54) is 31.4 Å². The molecule has 0 heterocycles. The molecule has 0 bridgehead atoms. The number of alkyl halides is 3. The molecule has 7 nitrogen and oxygen atoms in total. The van der Waals surface area contributed by atoms with Crippen molar-refractivity contribution in [2.75, 3.05) is 7.11 Å². The third-order valence-electron chi connectivity index (χ3n) is 4.90. The average molecular weight is 447 g/mol. The highest BCUT2D eigenvalue weighted by Gasteiger charge is 2.50. The molecular formula is C22H20F3N3O4. The van der Waals surface area contributed by atoms with E-state index in [0.717, 1.165) is 6.07 Å². The summed E-state index contributed by atoms with van der Waals surface area (Å²) in [5.74, 6) is -0.954. The lowest BCUT2D eigenvalue weighted by Crippen LogP contribution is -2.48. The molecule has 0 atom stereocenters. The van der Waals surface area contributed by atoms with Gasteiger partial charge in [0.15, 0.2) is 0 Å². The minimum atomic E-state index is -4.62. The van der Waals surface area contributed by atoms with Crippen LogP contribution in [0.25, 0.3) is 0 Å². The second-order valence-electron chi connectivity index (χ2n) is 7.25. The predicted molar refractivity (Wildman–Crippen MR) is 107 cm³/mol. The van der Waals surface area contributed by atoms with E-state index in [1.807, 2.05) is 0 Å². The Balaban J connectivity index is 1.61. The Bertz CT molecular complexity index is 1040. The first-order valence-corrected chi connectivity index (χ1v) is 9.65. The summed E-state index contributed by atoms with van der Waals surface area (Å²) in [5.41, 5.74) is -1.24. The second-order valence-corrected chi connectivity index (χ2v) is 7.25. The van der Waals surface area contributed by atoms with E-state index in [1.54, 1.807) is 18.2 Å². The number of nitriles is 1. The average Bonchev–Trinajstić information content (AvgIpc) is 3.53. The van der Waals surface area contributed by atoms with Crippen LogP contribution in [0.15, 0.2) is 42.5 Å². The van der Waals surface area contributed by atoms with E-state index in [-0.39, 0.29) is 36.1 Å². The summed E-state index contributed by atoms with van der Waals surface area (Å²) in [4.78, 5) is 24.0.